The first-order valence-electron chi connectivity index (χ1n) is 9.21. The van der Waals surface area contributed by atoms with E-state index < -0.39 is 0 Å². The minimum Gasteiger partial charge on any atom is -0.298 e. The van der Waals surface area contributed by atoms with Crippen molar-refractivity contribution < 1.29 is 4.79 Å². The van der Waals surface area contributed by atoms with Crippen LogP contribution in [0.15, 0.2) is 59.6 Å². The number of nitrogens with one attached hydrogen (secondary N) is 1. The summed E-state index contributed by atoms with van der Waals surface area (Å²) in [5.41, 5.74) is 3.49. The number of thiophene rings is 1. The van der Waals surface area contributed by atoms with E-state index in [-0.39, 0.29) is 5.91 Å². The highest BCUT2D eigenvalue weighted by Crippen LogP contribution is 2.25. The van der Waals surface area contributed by atoms with Crippen LogP contribution in [0.3, 0.4) is 0 Å². The Morgan fingerprint density at radius 1 is 1.13 bits per heavy atom. The lowest BCUT2D eigenvalue weighted by atomic mass is 10.1. The Bertz CT molecular complexity index is 1320. The molecular weight excluding hydrogens is 416 g/mol. The van der Waals surface area contributed by atoms with Gasteiger partial charge < -0.3 is 0 Å². The molecule has 0 atom stereocenters. The normalized spacial score (nSPS) is 11.1. The fourth-order valence-electron chi connectivity index (χ4n) is 3.15. The van der Waals surface area contributed by atoms with Crippen LogP contribution >= 0.6 is 22.7 Å². The van der Waals surface area contributed by atoms with Crippen LogP contribution in [0.25, 0.3) is 22.4 Å². The second kappa shape index (κ2) is 7.77. The van der Waals surface area contributed by atoms with Gasteiger partial charge in [0.1, 0.15) is 5.69 Å². The van der Waals surface area contributed by atoms with Gasteiger partial charge in [0, 0.05) is 22.1 Å². The van der Waals surface area contributed by atoms with Gasteiger partial charge in [-0.2, -0.15) is 5.10 Å². The summed E-state index contributed by atoms with van der Waals surface area (Å²) in [5, 5.41) is 12.5. The first-order chi connectivity index (χ1) is 14.7. The average Bonchev–Trinajstić information content (AvgIpc) is 3.51. The minimum absolute atomic E-state index is 0.233. The predicted molar refractivity (Wildman–Crippen MR) is 119 cm³/mol. The first kappa shape index (κ1) is 18.6. The molecule has 0 spiro atoms. The summed E-state index contributed by atoms with van der Waals surface area (Å²) in [7, 11) is 0. The third kappa shape index (κ3) is 3.60. The number of anilines is 1. The fraction of sp³-hybridized carbons (Fsp3) is 0.0952. The van der Waals surface area contributed by atoms with E-state index in [2.05, 4.69) is 31.4 Å². The summed E-state index contributed by atoms with van der Waals surface area (Å²) in [5.74, 6) is -0.233. The molecule has 7 nitrogen and oxygen atoms in total. The number of pyridine rings is 2. The smallest absolute Gasteiger partial charge is 0.258 e. The summed E-state index contributed by atoms with van der Waals surface area (Å²) in [4.78, 5) is 27.6. The summed E-state index contributed by atoms with van der Waals surface area (Å²) in [6.07, 6.45) is 3.42. The molecule has 5 aromatic heterocycles. The second-order valence-corrected chi connectivity index (χ2v) is 8.53. The number of thiazole rings is 1. The maximum atomic E-state index is 13.0. The molecule has 0 aliphatic carbocycles. The Balaban J connectivity index is 1.44. The minimum atomic E-state index is -0.233. The molecule has 0 saturated carbocycles. The van der Waals surface area contributed by atoms with Crippen molar-refractivity contribution in [3.63, 3.8) is 0 Å². The molecule has 5 heterocycles. The van der Waals surface area contributed by atoms with Crippen molar-refractivity contribution in [3.8, 4) is 11.4 Å². The molecule has 0 bridgehead atoms. The van der Waals surface area contributed by atoms with E-state index in [1.54, 1.807) is 29.8 Å². The van der Waals surface area contributed by atoms with Gasteiger partial charge in [0.15, 0.2) is 10.8 Å². The molecule has 0 unspecified atom stereocenters. The van der Waals surface area contributed by atoms with E-state index >= 15 is 0 Å². The van der Waals surface area contributed by atoms with Crippen molar-refractivity contribution in [1.29, 1.82) is 0 Å². The highest BCUT2D eigenvalue weighted by atomic mass is 32.1. The number of carbonyl (C=O) groups is 1. The van der Waals surface area contributed by atoms with Gasteiger partial charge in [-0.25, -0.2) is 14.6 Å². The van der Waals surface area contributed by atoms with Crippen LogP contribution in [0.1, 0.15) is 20.9 Å². The first-order valence-corrected chi connectivity index (χ1v) is 11.0. The molecule has 5 rings (SSSR count). The number of hydrogen-bond donors (Lipinski definition) is 1. The van der Waals surface area contributed by atoms with Gasteiger partial charge in [-0.05, 0) is 36.6 Å². The van der Waals surface area contributed by atoms with Gasteiger partial charge in [0.05, 0.1) is 29.4 Å². The van der Waals surface area contributed by atoms with Crippen molar-refractivity contribution in [2.75, 3.05) is 5.32 Å². The van der Waals surface area contributed by atoms with E-state index in [9.17, 15) is 4.79 Å². The fourth-order valence-corrected chi connectivity index (χ4v) is 4.54. The van der Waals surface area contributed by atoms with E-state index in [0.29, 0.717) is 22.9 Å². The van der Waals surface area contributed by atoms with E-state index in [1.165, 1.54) is 16.2 Å². The molecule has 1 amide bonds. The lowest BCUT2D eigenvalue weighted by Crippen LogP contribution is -2.13. The Morgan fingerprint density at radius 2 is 2.07 bits per heavy atom. The third-order valence-electron chi connectivity index (χ3n) is 4.52. The second-order valence-electron chi connectivity index (χ2n) is 6.64. The topological polar surface area (TPSA) is 85.6 Å². The van der Waals surface area contributed by atoms with Crippen LogP contribution in [-0.2, 0) is 6.54 Å². The van der Waals surface area contributed by atoms with E-state index in [1.807, 2.05) is 46.6 Å². The number of carbonyl (C=O) groups excluding carboxylic acids is 1. The maximum Gasteiger partial charge on any atom is 0.258 e. The molecule has 148 valence electrons. The van der Waals surface area contributed by atoms with Crippen molar-refractivity contribution in [3.05, 3.63) is 75.7 Å². The van der Waals surface area contributed by atoms with Crippen molar-refractivity contribution >= 4 is 44.7 Å². The van der Waals surface area contributed by atoms with Crippen molar-refractivity contribution in [2.45, 2.75) is 13.5 Å². The number of aromatic nitrogens is 5. The molecule has 0 aliphatic rings. The lowest BCUT2D eigenvalue weighted by molar-refractivity contribution is 0.102. The number of hydrogen-bond acceptors (Lipinski definition) is 7. The standard InChI is InChI=1S/C21H16N6OS2/c1-13-9-15(16-10-23-27(19(16)24-13)11-14-5-4-8-29-14)20(28)26-21-25-18(12-30-21)17-6-2-3-7-22-17/h2-10,12H,11H2,1H3,(H,25,26,28). The molecule has 0 aliphatic heterocycles. The number of fused-ring (bicyclic) bond motifs is 1. The Labute approximate surface area is 180 Å². The molecule has 30 heavy (non-hydrogen) atoms. The third-order valence-corrected chi connectivity index (χ3v) is 6.14. The molecule has 0 saturated heterocycles. The number of rotatable bonds is 5. The predicted octanol–water partition coefficient (Wildman–Crippen LogP) is 4.62. The Hall–Kier alpha value is -3.43. The van der Waals surface area contributed by atoms with E-state index in [0.717, 1.165) is 22.5 Å². The van der Waals surface area contributed by atoms with Gasteiger partial charge in [0.2, 0.25) is 0 Å². The number of amides is 1. The molecule has 1 N–H and O–H groups in total. The summed E-state index contributed by atoms with van der Waals surface area (Å²) < 4.78 is 1.83. The summed E-state index contributed by atoms with van der Waals surface area (Å²) in [6.45, 7) is 2.50. The van der Waals surface area contributed by atoms with Crippen molar-refractivity contribution in [2.24, 2.45) is 0 Å². The molecule has 0 fully saturated rings. The van der Waals surface area contributed by atoms with Crippen LogP contribution in [0.2, 0.25) is 0 Å². The summed E-state index contributed by atoms with van der Waals surface area (Å²) in [6, 6.07) is 11.5. The van der Waals surface area contributed by atoms with Gasteiger partial charge >= 0.3 is 0 Å². The molecule has 0 radical (unpaired) electrons. The zero-order valence-corrected chi connectivity index (χ0v) is 17.6. The van der Waals surface area contributed by atoms with Crippen LogP contribution < -0.4 is 5.32 Å². The SMILES string of the molecule is Cc1cc(C(=O)Nc2nc(-c3ccccn3)cs2)c2cnn(Cc3cccs3)c2n1. The molecular formula is C21H16N6OS2. The van der Waals surface area contributed by atoms with Crippen molar-refractivity contribution in [1.82, 2.24) is 24.7 Å². The Morgan fingerprint density at radius 3 is 2.87 bits per heavy atom. The monoisotopic (exact) mass is 432 g/mol. The average molecular weight is 433 g/mol. The van der Waals surface area contributed by atoms with Crippen LogP contribution in [0.5, 0.6) is 0 Å². The molecule has 0 aromatic carbocycles. The highest BCUT2D eigenvalue weighted by Gasteiger charge is 2.17. The molecule has 5 aromatic rings. The van der Waals surface area contributed by atoms with Gasteiger partial charge in [-0.3, -0.25) is 15.1 Å². The largest absolute Gasteiger partial charge is 0.298 e. The van der Waals surface area contributed by atoms with Gasteiger partial charge in [-0.1, -0.05) is 12.1 Å². The zero-order chi connectivity index (χ0) is 20.5. The Kier molecular flexibility index (Phi) is 4.82. The molecule has 9 heteroatoms. The lowest BCUT2D eigenvalue weighted by Gasteiger charge is -2.06. The number of aryl methyl sites for hydroxylation is 1. The van der Waals surface area contributed by atoms with Gasteiger partial charge in [-0.15, -0.1) is 22.7 Å². The van der Waals surface area contributed by atoms with Crippen LogP contribution in [0.4, 0.5) is 5.13 Å². The van der Waals surface area contributed by atoms with Crippen LogP contribution in [-0.4, -0.2) is 30.6 Å². The quantitative estimate of drug-likeness (QED) is 0.438. The zero-order valence-electron chi connectivity index (χ0n) is 15.9. The van der Waals surface area contributed by atoms with E-state index in [4.69, 9.17) is 0 Å². The number of nitrogens with zero attached hydrogens (tertiary/aromatic N) is 5. The highest BCUT2D eigenvalue weighted by molar-refractivity contribution is 7.14. The maximum absolute atomic E-state index is 13.0. The van der Waals surface area contributed by atoms with Crippen LogP contribution in [0, 0.1) is 6.92 Å². The van der Waals surface area contributed by atoms with Gasteiger partial charge in [0.25, 0.3) is 5.91 Å². The summed E-state index contributed by atoms with van der Waals surface area (Å²) >= 11 is 3.03.